The molecule has 0 atom stereocenters. The van der Waals surface area contributed by atoms with E-state index in [0.717, 1.165) is 24.5 Å². The summed E-state index contributed by atoms with van der Waals surface area (Å²) in [6.07, 6.45) is 6.55. The summed E-state index contributed by atoms with van der Waals surface area (Å²) in [5.74, 6) is 0.843. The summed E-state index contributed by atoms with van der Waals surface area (Å²) in [4.78, 5) is 2.66. The molecule has 0 amide bonds. The first-order valence-electron chi connectivity index (χ1n) is 6.98. The standard InChI is InChI=1S/C14H22N4S/c1-3-14(4-2)6-9-18(10-7-14)13-11(12(15)19)5-8-16-17-13/h5,8H,3-4,6-7,9-10H2,1-2H3,(H2,15,19). The Hall–Kier alpha value is -1.23. The van der Waals surface area contributed by atoms with E-state index in [2.05, 4.69) is 28.9 Å². The highest BCUT2D eigenvalue weighted by molar-refractivity contribution is 7.80. The topological polar surface area (TPSA) is 55.0 Å². The van der Waals surface area contributed by atoms with E-state index in [-0.39, 0.29) is 0 Å². The molecule has 2 heterocycles. The molecule has 0 aromatic carbocycles. The highest BCUT2D eigenvalue weighted by atomic mass is 32.1. The predicted molar refractivity (Wildman–Crippen MR) is 82.4 cm³/mol. The van der Waals surface area contributed by atoms with Gasteiger partial charge in [0.25, 0.3) is 0 Å². The Morgan fingerprint density at radius 3 is 2.53 bits per heavy atom. The molecule has 1 aliphatic rings. The Morgan fingerprint density at radius 1 is 1.37 bits per heavy atom. The first kappa shape index (κ1) is 14.2. The largest absolute Gasteiger partial charge is 0.389 e. The van der Waals surface area contributed by atoms with Gasteiger partial charge in [0.15, 0.2) is 5.82 Å². The lowest BCUT2D eigenvalue weighted by Crippen LogP contribution is -2.41. The van der Waals surface area contributed by atoms with Crippen molar-refractivity contribution in [2.24, 2.45) is 11.1 Å². The van der Waals surface area contributed by atoms with Gasteiger partial charge >= 0.3 is 0 Å². The van der Waals surface area contributed by atoms with Crippen molar-refractivity contribution in [2.75, 3.05) is 18.0 Å². The predicted octanol–water partition coefficient (Wildman–Crippen LogP) is 2.52. The van der Waals surface area contributed by atoms with E-state index >= 15 is 0 Å². The normalized spacial score (nSPS) is 18.3. The number of nitrogens with zero attached hydrogens (tertiary/aromatic N) is 3. The zero-order valence-corrected chi connectivity index (χ0v) is 12.5. The van der Waals surface area contributed by atoms with E-state index in [1.165, 1.54) is 25.7 Å². The summed E-state index contributed by atoms with van der Waals surface area (Å²) in [7, 11) is 0. The summed E-state index contributed by atoms with van der Waals surface area (Å²) in [6, 6.07) is 1.85. The molecule has 4 nitrogen and oxygen atoms in total. The zero-order valence-electron chi connectivity index (χ0n) is 11.7. The smallest absolute Gasteiger partial charge is 0.161 e. The van der Waals surface area contributed by atoms with Crippen molar-refractivity contribution in [3.8, 4) is 0 Å². The molecular weight excluding hydrogens is 256 g/mol. The fourth-order valence-electron chi connectivity index (χ4n) is 2.90. The highest BCUT2D eigenvalue weighted by Crippen LogP contribution is 2.39. The first-order valence-corrected chi connectivity index (χ1v) is 7.39. The Kier molecular flexibility index (Phi) is 4.34. The van der Waals surface area contributed by atoms with Gasteiger partial charge in [-0.15, -0.1) is 5.10 Å². The van der Waals surface area contributed by atoms with Crippen LogP contribution >= 0.6 is 12.2 Å². The Balaban J connectivity index is 2.16. The van der Waals surface area contributed by atoms with Crippen LogP contribution in [0.4, 0.5) is 5.82 Å². The van der Waals surface area contributed by atoms with Crippen LogP contribution in [0.3, 0.4) is 0 Å². The van der Waals surface area contributed by atoms with Crippen LogP contribution in [0.25, 0.3) is 0 Å². The number of rotatable bonds is 4. The average Bonchev–Trinajstić information content (AvgIpc) is 2.47. The summed E-state index contributed by atoms with van der Waals surface area (Å²) < 4.78 is 0. The molecule has 0 aliphatic carbocycles. The van der Waals surface area contributed by atoms with Crippen molar-refractivity contribution in [3.63, 3.8) is 0 Å². The fraction of sp³-hybridized carbons (Fsp3) is 0.643. The van der Waals surface area contributed by atoms with Crippen molar-refractivity contribution in [1.29, 1.82) is 0 Å². The Labute approximate surface area is 120 Å². The second-order valence-electron chi connectivity index (χ2n) is 5.33. The number of piperidine rings is 1. The number of hydrogen-bond donors (Lipinski definition) is 1. The first-order chi connectivity index (χ1) is 9.12. The van der Waals surface area contributed by atoms with Crippen molar-refractivity contribution in [2.45, 2.75) is 39.5 Å². The van der Waals surface area contributed by atoms with Crippen LogP contribution in [0.15, 0.2) is 12.3 Å². The molecule has 2 rings (SSSR count). The summed E-state index contributed by atoms with van der Waals surface area (Å²) in [5.41, 5.74) is 7.10. The molecule has 104 valence electrons. The van der Waals surface area contributed by atoms with Gasteiger partial charge in [-0.25, -0.2) is 0 Å². The number of nitrogens with two attached hydrogens (primary N) is 1. The van der Waals surface area contributed by atoms with Gasteiger partial charge in [0, 0.05) is 13.1 Å². The molecule has 1 aromatic heterocycles. The third-order valence-corrected chi connectivity index (χ3v) is 4.81. The maximum absolute atomic E-state index is 5.76. The molecular formula is C14H22N4S. The lowest BCUT2D eigenvalue weighted by Gasteiger charge is -2.41. The molecule has 0 radical (unpaired) electrons. The van der Waals surface area contributed by atoms with Gasteiger partial charge in [-0.3, -0.25) is 0 Å². The van der Waals surface area contributed by atoms with Gasteiger partial charge in [0.2, 0.25) is 0 Å². The van der Waals surface area contributed by atoms with E-state index < -0.39 is 0 Å². The molecule has 0 saturated carbocycles. The molecule has 5 heteroatoms. The maximum Gasteiger partial charge on any atom is 0.161 e. The minimum absolute atomic E-state index is 0.396. The molecule has 19 heavy (non-hydrogen) atoms. The van der Waals surface area contributed by atoms with E-state index in [0.29, 0.717) is 10.4 Å². The van der Waals surface area contributed by atoms with Crippen LogP contribution in [0, 0.1) is 5.41 Å². The number of anilines is 1. The van der Waals surface area contributed by atoms with Crippen molar-refractivity contribution in [1.82, 2.24) is 10.2 Å². The van der Waals surface area contributed by atoms with Crippen LogP contribution in [0.5, 0.6) is 0 Å². The maximum atomic E-state index is 5.76. The van der Waals surface area contributed by atoms with Gasteiger partial charge in [0.1, 0.15) is 4.99 Å². The lowest BCUT2D eigenvalue weighted by molar-refractivity contribution is 0.199. The van der Waals surface area contributed by atoms with Crippen LogP contribution < -0.4 is 10.6 Å². The third kappa shape index (κ3) is 2.86. The second kappa shape index (κ2) is 5.82. The number of aromatic nitrogens is 2. The monoisotopic (exact) mass is 278 g/mol. The van der Waals surface area contributed by atoms with Crippen LogP contribution in [0.1, 0.15) is 45.1 Å². The Bertz CT molecular complexity index is 447. The SMILES string of the molecule is CCC1(CC)CCN(c2nnccc2C(N)=S)CC1. The van der Waals surface area contributed by atoms with Crippen LogP contribution in [0.2, 0.25) is 0 Å². The quantitative estimate of drug-likeness (QED) is 0.858. The molecule has 0 unspecified atom stereocenters. The van der Waals surface area contributed by atoms with Crippen molar-refractivity contribution in [3.05, 3.63) is 17.8 Å². The number of thiocarbonyl (C=S) groups is 1. The average molecular weight is 278 g/mol. The van der Waals surface area contributed by atoms with E-state index in [4.69, 9.17) is 18.0 Å². The van der Waals surface area contributed by atoms with E-state index in [9.17, 15) is 0 Å². The van der Waals surface area contributed by atoms with Gasteiger partial charge in [-0.05, 0) is 24.3 Å². The molecule has 0 spiro atoms. The van der Waals surface area contributed by atoms with E-state index in [1.807, 2.05) is 6.07 Å². The summed E-state index contributed by atoms with van der Waals surface area (Å²) in [5, 5.41) is 8.20. The third-order valence-electron chi connectivity index (χ3n) is 4.59. The van der Waals surface area contributed by atoms with Gasteiger partial charge in [-0.2, -0.15) is 5.10 Å². The zero-order chi connectivity index (χ0) is 13.9. The summed E-state index contributed by atoms with van der Waals surface area (Å²) >= 11 is 5.09. The summed E-state index contributed by atoms with van der Waals surface area (Å²) in [6.45, 7) is 6.61. The molecule has 0 bridgehead atoms. The minimum Gasteiger partial charge on any atom is -0.389 e. The fourth-order valence-corrected chi connectivity index (χ4v) is 3.06. The lowest BCUT2D eigenvalue weighted by atomic mass is 9.74. The van der Waals surface area contributed by atoms with Crippen molar-refractivity contribution >= 4 is 23.0 Å². The van der Waals surface area contributed by atoms with Gasteiger partial charge in [-0.1, -0.05) is 38.9 Å². The van der Waals surface area contributed by atoms with Gasteiger partial charge < -0.3 is 10.6 Å². The van der Waals surface area contributed by atoms with Crippen LogP contribution in [-0.4, -0.2) is 28.3 Å². The van der Waals surface area contributed by atoms with Crippen molar-refractivity contribution < 1.29 is 0 Å². The van der Waals surface area contributed by atoms with Gasteiger partial charge in [0.05, 0.1) is 11.8 Å². The molecule has 1 fully saturated rings. The minimum atomic E-state index is 0.396. The molecule has 2 N–H and O–H groups in total. The Morgan fingerprint density at radius 2 is 2.00 bits per heavy atom. The molecule has 1 aromatic rings. The number of hydrogen-bond acceptors (Lipinski definition) is 4. The second-order valence-corrected chi connectivity index (χ2v) is 5.77. The van der Waals surface area contributed by atoms with E-state index in [1.54, 1.807) is 6.20 Å². The molecule has 1 saturated heterocycles. The van der Waals surface area contributed by atoms with Crippen LogP contribution in [-0.2, 0) is 0 Å². The highest BCUT2D eigenvalue weighted by Gasteiger charge is 2.32. The molecule has 1 aliphatic heterocycles.